The number of hydrogen-bond donors (Lipinski definition) is 1. The van der Waals surface area contributed by atoms with Crippen molar-refractivity contribution < 1.29 is 9.90 Å². The molecule has 1 aromatic heterocycles. The summed E-state index contributed by atoms with van der Waals surface area (Å²) in [6.45, 7) is 5.25. The van der Waals surface area contributed by atoms with E-state index in [4.69, 9.17) is 0 Å². The van der Waals surface area contributed by atoms with E-state index in [0.717, 1.165) is 5.69 Å². The molecule has 0 spiro atoms. The summed E-state index contributed by atoms with van der Waals surface area (Å²) in [4.78, 5) is 14.6. The summed E-state index contributed by atoms with van der Waals surface area (Å²) in [7, 11) is 0. The molecule has 0 aliphatic rings. The molecule has 1 aromatic rings. The first-order valence-electron chi connectivity index (χ1n) is 3.70. The largest absolute Gasteiger partial charge is 0.507 e. The Labute approximate surface area is 71.1 Å². The van der Waals surface area contributed by atoms with Crippen LogP contribution in [-0.2, 0) is 0 Å². The van der Waals surface area contributed by atoms with Crippen LogP contribution in [0.15, 0.2) is 0 Å². The fourth-order valence-corrected chi connectivity index (χ4v) is 1.08. The van der Waals surface area contributed by atoms with Gasteiger partial charge in [-0.1, -0.05) is 0 Å². The number of pyridine rings is 1. The van der Waals surface area contributed by atoms with Crippen LogP contribution in [0.3, 0.4) is 0 Å². The van der Waals surface area contributed by atoms with Crippen LogP contribution >= 0.6 is 0 Å². The molecule has 0 atom stereocenters. The van der Waals surface area contributed by atoms with Crippen LogP contribution in [0.25, 0.3) is 0 Å². The van der Waals surface area contributed by atoms with Gasteiger partial charge in [-0.2, -0.15) is 0 Å². The SMILES string of the molecule is Cc1nc(C)c(C=O)c(O)c1C. The molecule has 0 aliphatic carbocycles. The smallest absolute Gasteiger partial charge is 0.155 e. The van der Waals surface area contributed by atoms with E-state index < -0.39 is 0 Å². The molecule has 0 unspecified atom stereocenters. The van der Waals surface area contributed by atoms with Crippen LogP contribution in [0.5, 0.6) is 5.75 Å². The lowest BCUT2D eigenvalue weighted by Gasteiger charge is -2.06. The van der Waals surface area contributed by atoms with E-state index >= 15 is 0 Å². The van der Waals surface area contributed by atoms with Crippen LogP contribution in [0, 0.1) is 20.8 Å². The lowest BCUT2D eigenvalue weighted by molar-refractivity contribution is 0.112. The number of rotatable bonds is 1. The first-order valence-corrected chi connectivity index (χ1v) is 3.70. The van der Waals surface area contributed by atoms with Gasteiger partial charge in [-0.25, -0.2) is 0 Å². The van der Waals surface area contributed by atoms with Gasteiger partial charge >= 0.3 is 0 Å². The molecule has 0 amide bonds. The third-order valence-electron chi connectivity index (χ3n) is 2.00. The molecule has 0 saturated carbocycles. The highest BCUT2D eigenvalue weighted by Gasteiger charge is 2.10. The average molecular weight is 165 g/mol. The Hall–Kier alpha value is -1.38. The van der Waals surface area contributed by atoms with Crippen LogP contribution in [0.4, 0.5) is 0 Å². The zero-order valence-corrected chi connectivity index (χ0v) is 7.38. The summed E-state index contributed by atoms with van der Waals surface area (Å²) in [6, 6.07) is 0. The first kappa shape index (κ1) is 8.71. The number of carbonyl (C=O) groups is 1. The molecule has 1 rings (SSSR count). The van der Waals surface area contributed by atoms with Crippen molar-refractivity contribution in [3.8, 4) is 5.75 Å². The van der Waals surface area contributed by atoms with Gasteiger partial charge in [0.1, 0.15) is 5.75 Å². The maximum Gasteiger partial charge on any atom is 0.155 e. The minimum absolute atomic E-state index is 0.0509. The molecule has 64 valence electrons. The molecule has 1 heterocycles. The molecule has 0 saturated heterocycles. The number of aromatic hydroxyl groups is 1. The Morgan fingerprint density at radius 1 is 1.25 bits per heavy atom. The molecule has 0 radical (unpaired) electrons. The summed E-state index contributed by atoms with van der Waals surface area (Å²) in [5, 5.41) is 9.49. The summed E-state index contributed by atoms with van der Waals surface area (Å²) < 4.78 is 0. The monoisotopic (exact) mass is 165 g/mol. The van der Waals surface area contributed by atoms with Crippen molar-refractivity contribution in [3.05, 3.63) is 22.5 Å². The van der Waals surface area contributed by atoms with Crippen molar-refractivity contribution in [2.75, 3.05) is 0 Å². The second-order valence-corrected chi connectivity index (χ2v) is 2.79. The maximum atomic E-state index is 10.5. The van der Waals surface area contributed by atoms with Gasteiger partial charge in [0.05, 0.1) is 11.3 Å². The standard InChI is InChI=1S/C9H11NO2/c1-5-6(2)10-7(3)8(4-11)9(5)12/h4H,1-3H3,(H,10,12). The Balaban J connectivity index is 3.51. The maximum absolute atomic E-state index is 10.5. The van der Waals surface area contributed by atoms with Gasteiger partial charge in [0.25, 0.3) is 0 Å². The molecule has 3 heteroatoms. The van der Waals surface area contributed by atoms with E-state index in [2.05, 4.69) is 4.98 Å². The minimum atomic E-state index is 0.0509. The molecule has 0 aromatic carbocycles. The predicted octanol–water partition coefficient (Wildman–Crippen LogP) is 1.52. The van der Waals surface area contributed by atoms with Crippen molar-refractivity contribution in [3.63, 3.8) is 0 Å². The Kier molecular flexibility index (Phi) is 2.13. The van der Waals surface area contributed by atoms with Crippen molar-refractivity contribution in [1.82, 2.24) is 4.98 Å². The highest BCUT2D eigenvalue weighted by Crippen LogP contribution is 2.23. The van der Waals surface area contributed by atoms with E-state index in [1.165, 1.54) is 0 Å². The lowest BCUT2D eigenvalue weighted by Crippen LogP contribution is -1.97. The predicted molar refractivity (Wildman–Crippen MR) is 45.5 cm³/mol. The number of carbonyl (C=O) groups excluding carboxylic acids is 1. The quantitative estimate of drug-likeness (QED) is 0.642. The third kappa shape index (κ3) is 1.18. The molecule has 0 fully saturated rings. The van der Waals surface area contributed by atoms with Crippen LogP contribution in [0.2, 0.25) is 0 Å². The Morgan fingerprint density at radius 3 is 2.33 bits per heavy atom. The van der Waals surface area contributed by atoms with Gasteiger partial charge in [0, 0.05) is 11.3 Å². The topological polar surface area (TPSA) is 50.2 Å². The summed E-state index contributed by atoms with van der Waals surface area (Å²) in [5.41, 5.74) is 2.29. The van der Waals surface area contributed by atoms with Crippen molar-refractivity contribution in [2.45, 2.75) is 20.8 Å². The van der Waals surface area contributed by atoms with E-state index in [1.54, 1.807) is 20.8 Å². The number of hydrogen-bond acceptors (Lipinski definition) is 3. The average Bonchev–Trinajstić information content (AvgIpc) is 2.01. The van der Waals surface area contributed by atoms with Crippen LogP contribution in [-0.4, -0.2) is 16.4 Å². The highest BCUT2D eigenvalue weighted by atomic mass is 16.3. The Morgan fingerprint density at radius 2 is 1.83 bits per heavy atom. The normalized spacial score (nSPS) is 9.92. The number of nitrogens with zero attached hydrogens (tertiary/aromatic N) is 1. The van der Waals surface area contributed by atoms with Crippen LogP contribution in [0.1, 0.15) is 27.3 Å². The van der Waals surface area contributed by atoms with Gasteiger partial charge in [-0.05, 0) is 20.8 Å². The molecule has 0 aliphatic heterocycles. The fraction of sp³-hybridized carbons (Fsp3) is 0.333. The van der Waals surface area contributed by atoms with E-state index in [0.29, 0.717) is 17.5 Å². The van der Waals surface area contributed by atoms with Crippen molar-refractivity contribution in [2.24, 2.45) is 0 Å². The number of aldehydes is 1. The number of aromatic nitrogens is 1. The minimum Gasteiger partial charge on any atom is -0.507 e. The second-order valence-electron chi connectivity index (χ2n) is 2.79. The molecule has 3 nitrogen and oxygen atoms in total. The van der Waals surface area contributed by atoms with E-state index in [9.17, 15) is 9.90 Å². The molecular formula is C9H11NO2. The summed E-state index contributed by atoms with van der Waals surface area (Å²) in [5.74, 6) is 0.0509. The van der Waals surface area contributed by atoms with Gasteiger partial charge in [-0.15, -0.1) is 0 Å². The third-order valence-corrected chi connectivity index (χ3v) is 2.00. The van der Waals surface area contributed by atoms with Gasteiger partial charge < -0.3 is 5.11 Å². The lowest BCUT2D eigenvalue weighted by atomic mass is 10.1. The Bertz CT molecular complexity index is 332. The first-order chi connectivity index (χ1) is 5.57. The van der Waals surface area contributed by atoms with Gasteiger partial charge in [-0.3, -0.25) is 9.78 Å². The van der Waals surface area contributed by atoms with Gasteiger partial charge in [0.15, 0.2) is 6.29 Å². The molecular weight excluding hydrogens is 154 g/mol. The van der Waals surface area contributed by atoms with Crippen LogP contribution < -0.4 is 0 Å². The zero-order valence-electron chi connectivity index (χ0n) is 7.38. The summed E-state index contributed by atoms with van der Waals surface area (Å²) in [6.07, 6.45) is 0.629. The second kappa shape index (κ2) is 2.93. The fourth-order valence-electron chi connectivity index (χ4n) is 1.08. The van der Waals surface area contributed by atoms with Crippen molar-refractivity contribution >= 4 is 6.29 Å². The molecule has 12 heavy (non-hydrogen) atoms. The zero-order chi connectivity index (χ0) is 9.30. The molecule has 0 bridgehead atoms. The molecule has 1 N–H and O–H groups in total. The van der Waals surface area contributed by atoms with E-state index in [1.807, 2.05) is 0 Å². The highest BCUT2D eigenvalue weighted by molar-refractivity contribution is 5.81. The van der Waals surface area contributed by atoms with Crippen molar-refractivity contribution in [1.29, 1.82) is 0 Å². The number of aryl methyl sites for hydroxylation is 2. The van der Waals surface area contributed by atoms with Gasteiger partial charge in [0.2, 0.25) is 0 Å². The van der Waals surface area contributed by atoms with E-state index in [-0.39, 0.29) is 11.3 Å². The summed E-state index contributed by atoms with van der Waals surface area (Å²) >= 11 is 0.